The molecule has 0 amide bonds. The van der Waals surface area contributed by atoms with Crippen molar-refractivity contribution >= 4 is 15.9 Å². The van der Waals surface area contributed by atoms with Crippen LogP contribution < -0.4 is 0 Å². The minimum atomic E-state index is -0.551. The Morgan fingerprint density at radius 2 is 1.95 bits per heavy atom. The van der Waals surface area contributed by atoms with Crippen LogP contribution in [-0.2, 0) is 11.3 Å². The molecule has 5 heteroatoms. The van der Waals surface area contributed by atoms with Gasteiger partial charge in [0.1, 0.15) is 22.4 Å². The average Bonchev–Trinajstić information content (AvgIpc) is 2.39. The van der Waals surface area contributed by atoms with Crippen molar-refractivity contribution < 1.29 is 18.6 Å². The van der Waals surface area contributed by atoms with Gasteiger partial charge in [-0.25, -0.2) is 8.78 Å². The maximum atomic E-state index is 13.4. The van der Waals surface area contributed by atoms with E-state index in [1.807, 2.05) is 0 Å². The molecule has 2 aromatic rings. The summed E-state index contributed by atoms with van der Waals surface area (Å²) in [5, 5.41) is 8.72. The summed E-state index contributed by atoms with van der Waals surface area (Å²) >= 11 is 3.25. The van der Waals surface area contributed by atoms with E-state index in [0.717, 1.165) is 0 Å². The van der Waals surface area contributed by atoms with Crippen molar-refractivity contribution in [3.05, 3.63) is 65.2 Å². The summed E-state index contributed by atoms with van der Waals surface area (Å²) in [7, 11) is 0. The first-order chi connectivity index (χ1) is 9.06. The van der Waals surface area contributed by atoms with Gasteiger partial charge in [-0.15, -0.1) is 0 Å². The molecule has 0 spiro atoms. The Kier molecular flexibility index (Phi) is 4.50. The van der Waals surface area contributed by atoms with Crippen LogP contribution in [0.2, 0.25) is 0 Å². The molecule has 19 heavy (non-hydrogen) atoms. The van der Waals surface area contributed by atoms with Gasteiger partial charge in [-0.3, -0.25) is 0 Å². The number of hydrogen-bond acceptors (Lipinski definition) is 2. The minimum Gasteiger partial charge on any atom is -0.508 e. The smallest absolute Gasteiger partial charge is 0.138 e. The Balaban J connectivity index is 2.04. The normalized spacial score (nSPS) is 12.4. The van der Waals surface area contributed by atoms with Gasteiger partial charge in [0, 0.05) is 5.56 Å². The lowest BCUT2D eigenvalue weighted by molar-refractivity contribution is 0.101. The van der Waals surface area contributed by atoms with E-state index in [2.05, 4.69) is 15.9 Å². The van der Waals surface area contributed by atoms with Crippen LogP contribution in [0.15, 0.2) is 42.5 Å². The van der Waals surface area contributed by atoms with Crippen molar-refractivity contribution in [1.29, 1.82) is 0 Å². The highest BCUT2D eigenvalue weighted by Gasteiger charge is 2.11. The predicted molar refractivity (Wildman–Crippen MR) is 70.9 cm³/mol. The molecular weight excluding hydrogens is 318 g/mol. The van der Waals surface area contributed by atoms with Crippen LogP contribution in [0.4, 0.5) is 8.78 Å². The molecule has 0 saturated carbocycles. The van der Waals surface area contributed by atoms with Crippen molar-refractivity contribution in [3.8, 4) is 5.75 Å². The summed E-state index contributed by atoms with van der Waals surface area (Å²) in [6.07, 6.45) is 0. The van der Waals surface area contributed by atoms with Gasteiger partial charge in [-0.05, 0) is 35.9 Å². The Morgan fingerprint density at radius 1 is 1.16 bits per heavy atom. The molecule has 2 rings (SSSR count). The highest BCUT2D eigenvalue weighted by Crippen LogP contribution is 2.27. The van der Waals surface area contributed by atoms with Crippen LogP contribution in [0.5, 0.6) is 5.75 Å². The molecule has 0 bridgehead atoms. The molecule has 2 aromatic carbocycles. The second-order valence-corrected chi connectivity index (χ2v) is 4.79. The Morgan fingerprint density at radius 3 is 2.68 bits per heavy atom. The summed E-state index contributed by atoms with van der Waals surface area (Å²) in [5.41, 5.74) is 0.835. The lowest BCUT2D eigenvalue weighted by Crippen LogP contribution is -2.00. The van der Waals surface area contributed by atoms with Gasteiger partial charge in [-0.1, -0.05) is 28.1 Å². The van der Waals surface area contributed by atoms with E-state index < -0.39 is 10.8 Å². The van der Waals surface area contributed by atoms with Crippen molar-refractivity contribution in [2.75, 3.05) is 0 Å². The molecule has 0 radical (unpaired) electrons. The highest BCUT2D eigenvalue weighted by molar-refractivity contribution is 9.09. The summed E-state index contributed by atoms with van der Waals surface area (Å²) in [5.74, 6) is -0.859. The molecule has 100 valence electrons. The number of alkyl halides is 1. The Bertz CT molecular complexity index is 575. The molecule has 1 unspecified atom stereocenters. The van der Waals surface area contributed by atoms with Crippen LogP contribution in [0.25, 0.3) is 0 Å². The largest absolute Gasteiger partial charge is 0.508 e. The SMILES string of the molecule is Oc1ccc(F)c(COC(Br)c2cccc(F)c2)c1. The number of phenolic OH excluding ortho intramolecular Hbond substituents is 1. The van der Waals surface area contributed by atoms with Crippen LogP contribution in [-0.4, -0.2) is 5.11 Å². The number of halogens is 3. The Labute approximate surface area is 117 Å². The number of hydrogen-bond donors (Lipinski definition) is 1. The van der Waals surface area contributed by atoms with E-state index in [0.29, 0.717) is 5.56 Å². The topological polar surface area (TPSA) is 29.5 Å². The van der Waals surface area contributed by atoms with Gasteiger partial charge in [-0.2, -0.15) is 0 Å². The lowest BCUT2D eigenvalue weighted by Gasteiger charge is -2.12. The zero-order valence-corrected chi connectivity index (χ0v) is 11.4. The third kappa shape index (κ3) is 3.75. The fraction of sp³-hybridized carbons (Fsp3) is 0.143. The van der Waals surface area contributed by atoms with Crippen molar-refractivity contribution in [2.45, 2.75) is 11.6 Å². The van der Waals surface area contributed by atoms with Crippen LogP contribution in [0.1, 0.15) is 16.1 Å². The molecule has 0 fully saturated rings. The van der Waals surface area contributed by atoms with Gasteiger partial charge < -0.3 is 9.84 Å². The van der Waals surface area contributed by atoms with Crippen molar-refractivity contribution in [1.82, 2.24) is 0 Å². The maximum absolute atomic E-state index is 13.4. The minimum absolute atomic E-state index is 0.0307. The molecule has 1 atom stereocenters. The van der Waals surface area contributed by atoms with Crippen LogP contribution in [0, 0.1) is 11.6 Å². The van der Waals surface area contributed by atoms with E-state index in [9.17, 15) is 13.9 Å². The number of benzene rings is 2. The van der Waals surface area contributed by atoms with E-state index in [-0.39, 0.29) is 23.7 Å². The first-order valence-electron chi connectivity index (χ1n) is 5.55. The van der Waals surface area contributed by atoms with Gasteiger partial charge >= 0.3 is 0 Å². The summed E-state index contributed by atoms with van der Waals surface area (Å²) in [6, 6.07) is 9.64. The fourth-order valence-electron chi connectivity index (χ4n) is 1.58. The van der Waals surface area contributed by atoms with Gasteiger partial charge in [0.25, 0.3) is 0 Å². The third-order valence-corrected chi connectivity index (χ3v) is 3.32. The number of aromatic hydroxyl groups is 1. The highest BCUT2D eigenvalue weighted by atomic mass is 79.9. The summed E-state index contributed by atoms with van der Waals surface area (Å²) in [4.78, 5) is 0. The van der Waals surface area contributed by atoms with Crippen LogP contribution >= 0.6 is 15.9 Å². The zero-order valence-electron chi connectivity index (χ0n) is 9.82. The molecule has 1 N–H and O–H groups in total. The quantitative estimate of drug-likeness (QED) is 0.849. The van der Waals surface area contributed by atoms with Gasteiger partial charge in [0.15, 0.2) is 0 Å². The van der Waals surface area contributed by atoms with Crippen molar-refractivity contribution in [3.63, 3.8) is 0 Å². The second kappa shape index (κ2) is 6.12. The maximum Gasteiger partial charge on any atom is 0.138 e. The van der Waals surface area contributed by atoms with Gasteiger partial charge in [0.05, 0.1) is 6.61 Å². The standard InChI is InChI=1S/C14H11BrF2O2/c15-14(9-2-1-3-11(16)6-9)19-8-10-7-12(18)4-5-13(10)17/h1-7,14,18H,8H2. The van der Waals surface area contributed by atoms with E-state index in [4.69, 9.17) is 4.74 Å². The first kappa shape index (κ1) is 14.0. The zero-order chi connectivity index (χ0) is 13.8. The molecule has 0 aromatic heterocycles. The van der Waals surface area contributed by atoms with Gasteiger partial charge in [0.2, 0.25) is 0 Å². The van der Waals surface area contributed by atoms with E-state index in [1.54, 1.807) is 12.1 Å². The Hall–Kier alpha value is -1.46. The molecule has 0 aliphatic rings. The average molecular weight is 329 g/mol. The first-order valence-corrected chi connectivity index (χ1v) is 6.46. The molecule has 0 saturated heterocycles. The number of rotatable bonds is 4. The monoisotopic (exact) mass is 328 g/mol. The number of phenols is 1. The molecular formula is C14H11BrF2O2. The van der Waals surface area contributed by atoms with E-state index >= 15 is 0 Å². The molecule has 0 heterocycles. The molecule has 2 nitrogen and oxygen atoms in total. The fourth-order valence-corrected chi connectivity index (χ4v) is 2.00. The third-order valence-electron chi connectivity index (χ3n) is 2.53. The predicted octanol–water partition coefficient (Wildman–Crippen LogP) is 4.28. The van der Waals surface area contributed by atoms with E-state index in [1.165, 1.54) is 30.3 Å². The summed E-state index contributed by atoms with van der Waals surface area (Å²) in [6.45, 7) is -0.0351. The molecule has 0 aliphatic carbocycles. The van der Waals surface area contributed by atoms with Crippen LogP contribution in [0.3, 0.4) is 0 Å². The van der Waals surface area contributed by atoms with Crippen molar-refractivity contribution in [2.24, 2.45) is 0 Å². The lowest BCUT2D eigenvalue weighted by atomic mass is 10.2. The number of ether oxygens (including phenoxy) is 1. The molecule has 0 aliphatic heterocycles. The summed E-state index contributed by atoms with van der Waals surface area (Å²) < 4.78 is 31.9. The second-order valence-electron chi connectivity index (χ2n) is 3.96.